The van der Waals surface area contributed by atoms with Gasteiger partial charge in [0.15, 0.2) is 23.1 Å². The normalized spacial score (nSPS) is 11.0. The van der Waals surface area contributed by atoms with Crippen LogP contribution < -0.4 is 4.74 Å². The highest BCUT2D eigenvalue weighted by Crippen LogP contribution is 2.33. The number of aromatic nitrogens is 3. The lowest BCUT2D eigenvalue weighted by Gasteiger charge is -2.08. The summed E-state index contributed by atoms with van der Waals surface area (Å²) in [7, 11) is 0. The average Bonchev–Trinajstić information content (AvgIpc) is 2.79. The number of phenolic OH excluding ortho intramolecular Hbond substituents is 1. The van der Waals surface area contributed by atoms with E-state index < -0.39 is 4.92 Å². The number of rotatable bonds is 5. The molecule has 1 N–H and O–H groups in total. The van der Waals surface area contributed by atoms with Gasteiger partial charge in [0.05, 0.1) is 23.8 Å². The lowest BCUT2D eigenvalue weighted by Crippen LogP contribution is -1.99. The summed E-state index contributed by atoms with van der Waals surface area (Å²) in [5.41, 5.74) is -0.0231. The van der Waals surface area contributed by atoms with Crippen molar-refractivity contribution in [1.29, 1.82) is 0 Å². The fraction of sp³-hybridized carbons (Fsp3) is 0.308. The Balaban J connectivity index is 2.47. The third kappa shape index (κ3) is 3.03. The quantitative estimate of drug-likeness (QED) is 0.511. The van der Waals surface area contributed by atoms with Crippen molar-refractivity contribution in [1.82, 2.24) is 14.9 Å². The van der Waals surface area contributed by atoms with E-state index in [0.29, 0.717) is 11.6 Å². The van der Waals surface area contributed by atoms with Crippen LogP contribution in [0.15, 0.2) is 17.2 Å². The molecule has 0 atom stereocenters. The van der Waals surface area contributed by atoms with E-state index in [9.17, 15) is 15.2 Å². The monoisotopic (exact) mass is 305 g/mol. The molecule has 0 aliphatic rings. The maximum Gasteiger partial charge on any atom is 0.274 e. The molecule has 116 valence electrons. The minimum absolute atomic E-state index is 0.0374. The summed E-state index contributed by atoms with van der Waals surface area (Å²) in [4.78, 5) is 10.4. The zero-order valence-electron chi connectivity index (χ0n) is 12.3. The zero-order chi connectivity index (χ0) is 16.3. The second-order valence-electron chi connectivity index (χ2n) is 4.42. The smallest absolute Gasteiger partial charge is 0.274 e. The van der Waals surface area contributed by atoms with Crippen LogP contribution in [0.25, 0.3) is 0 Å². The maximum atomic E-state index is 11.0. The first-order valence-corrected chi connectivity index (χ1v) is 6.51. The van der Waals surface area contributed by atoms with Gasteiger partial charge in [-0.15, -0.1) is 10.2 Å². The molecule has 0 spiro atoms. The third-order valence-corrected chi connectivity index (χ3v) is 2.86. The van der Waals surface area contributed by atoms with Gasteiger partial charge in [-0.1, -0.05) is 0 Å². The Kier molecular flexibility index (Phi) is 4.35. The van der Waals surface area contributed by atoms with Gasteiger partial charge in [-0.2, -0.15) is 5.10 Å². The van der Waals surface area contributed by atoms with Crippen molar-refractivity contribution in [3.05, 3.63) is 39.5 Å². The number of benzene rings is 1. The van der Waals surface area contributed by atoms with Gasteiger partial charge < -0.3 is 9.84 Å². The highest BCUT2D eigenvalue weighted by atomic mass is 16.6. The molecule has 0 fully saturated rings. The number of nitrogens with zero attached hydrogens (tertiary/aromatic N) is 5. The Morgan fingerprint density at radius 3 is 2.59 bits per heavy atom. The molecule has 1 aromatic heterocycles. The van der Waals surface area contributed by atoms with Crippen molar-refractivity contribution < 1.29 is 14.8 Å². The third-order valence-electron chi connectivity index (χ3n) is 2.86. The Hall–Kier alpha value is -2.97. The first-order valence-electron chi connectivity index (χ1n) is 6.51. The molecule has 0 amide bonds. The van der Waals surface area contributed by atoms with Gasteiger partial charge in [-0.3, -0.25) is 10.1 Å². The molecule has 0 radical (unpaired) electrons. The lowest BCUT2D eigenvalue weighted by molar-refractivity contribution is -0.385. The highest BCUT2D eigenvalue weighted by Gasteiger charge is 2.16. The van der Waals surface area contributed by atoms with Crippen LogP contribution in [0, 0.1) is 24.0 Å². The topological polar surface area (TPSA) is 116 Å². The lowest BCUT2D eigenvalue weighted by atomic mass is 10.1. The minimum atomic E-state index is -0.561. The Morgan fingerprint density at radius 2 is 2.05 bits per heavy atom. The molecule has 0 unspecified atom stereocenters. The number of nitro benzene ring substituents is 1. The van der Waals surface area contributed by atoms with Crippen LogP contribution in [0.5, 0.6) is 11.5 Å². The number of aryl methyl sites for hydroxylation is 2. The number of non-ortho nitro benzene ring substituents is 1. The highest BCUT2D eigenvalue weighted by molar-refractivity contribution is 5.86. The molecule has 0 aliphatic carbocycles. The molecule has 22 heavy (non-hydrogen) atoms. The van der Waals surface area contributed by atoms with E-state index in [0.717, 1.165) is 0 Å². The first-order chi connectivity index (χ1) is 10.4. The van der Waals surface area contributed by atoms with Crippen LogP contribution in [0.3, 0.4) is 0 Å². The predicted molar refractivity (Wildman–Crippen MR) is 78.4 cm³/mol. The largest absolute Gasteiger partial charge is 0.504 e. The summed E-state index contributed by atoms with van der Waals surface area (Å²) >= 11 is 0. The number of aromatic hydroxyl groups is 1. The first kappa shape index (κ1) is 15.4. The minimum Gasteiger partial charge on any atom is -0.504 e. The van der Waals surface area contributed by atoms with Crippen LogP contribution in [0.2, 0.25) is 0 Å². The van der Waals surface area contributed by atoms with Gasteiger partial charge in [0.1, 0.15) is 0 Å². The number of hydrogen-bond donors (Lipinski definition) is 1. The van der Waals surface area contributed by atoms with Gasteiger partial charge in [-0.25, -0.2) is 4.68 Å². The number of phenols is 1. The maximum absolute atomic E-state index is 11.0. The molecule has 1 aromatic carbocycles. The Morgan fingerprint density at radius 1 is 1.41 bits per heavy atom. The molecule has 1 heterocycles. The van der Waals surface area contributed by atoms with Crippen molar-refractivity contribution in [2.45, 2.75) is 20.8 Å². The zero-order valence-corrected chi connectivity index (χ0v) is 12.3. The average molecular weight is 305 g/mol. The van der Waals surface area contributed by atoms with Crippen LogP contribution in [0.4, 0.5) is 5.69 Å². The van der Waals surface area contributed by atoms with E-state index in [4.69, 9.17) is 4.74 Å². The van der Waals surface area contributed by atoms with E-state index in [2.05, 4.69) is 15.3 Å². The summed E-state index contributed by atoms with van der Waals surface area (Å²) in [6, 6.07) is 2.39. The molecule has 2 aromatic rings. The van der Waals surface area contributed by atoms with Gasteiger partial charge >= 0.3 is 0 Å². The number of ether oxygens (including phenoxy) is 1. The van der Waals surface area contributed by atoms with Crippen LogP contribution in [0.1, 0.15) is 24.1 Å². The van der Waals surface area contributed by atoms with Gasteiger partial charge in [0.2, 0.25) is 0 Å². The van der Waals surface area contributed by atoms with Gasteiger partial charge in [0.25, 0.3) is 5.69 Å². The summed E-state index contributed by atoms with van der Waals surface area (Å²) in [5, 5.41) is 32.9. The van der Waals surface area contributed by atoms with Crippen molar-refractivity contribution in [3.8, 4) is 11.5 Å². The second kappa shape index (κ2) is 6.20. The van der Waals surface area contributed by atoms with Crippen molar-refractivity contribution in [2.24, 2.45) is 5.10 Å². The van der Waals surface area contributed by atoms with Crippen molar-refractivity contribution in [2.75, 3.05) is 6.61 Å². The van der Waals surface area contributed by atoms with E-state index in [1.807, 2.05) is 0 Å². The van der Waals surface area contributed by atoms with Crippen LogP contribution in [-0.2, 0) is 0 Å². The second-order valence-corrected chi connectivity index (χ2v) is 4.42. The molecule has 0 saturated carbocycles. The fourth-order valence-corrected chi connectivity index (χ4v) is 1.83. The predicted octanol–water partition coefficient (Wildman–Crippen LogP) is 1.79. The van der Waals surface area contributed by atoms with Crippen LogP contribution in [-0.4, -0.2) is 37.7 Å². The molecule has 0 saturated heterocycles. The summed E-state index contributed by atoms with van der Waals surface area (Å²) in [6.45, 7) is 5.43. The number of hydrogen-bond acceptors (Lipinski definition) is 7. The molecule has 9 nitrogen and oxygen atoms in total. The Bertz CT molecular complexity index is 719. The molecule has 2 rings (SSSR count). The summed E-state index contributed by atoms with van der Waals surface area (Å²) in [5.74, 6) is 0.947. The van der Waals surface area contributed by atoms with Gasteiger partial charge in [0, 0.05) is 11.6 Å². The van der Waals surface area contributed by atoms with E-state index in [1.165, 1.54) is 23.0 Å². The molecule has 0 aliphatic heterocycles. The van der Waals surface area contributed by atoms with Crippen LogP contribution >= 0.6 is 0 Å². The van der Waals surface area contributed by atoms with Crippen molar-refractivity contribution >= 4 is 11.9 Å². The molecular weight excluding hydrogens is 290 g/mol. The van der Waals surface area contributed by atoms with E-state index in [-0.39, 0.29) is 29.4 Å². The molecule has 9 heteroatoms. The summed E-state index contributed by atoms with van der Waals surface area (Å²) < 4.78 is 6.66. The molecular formula is C13H15N5O4. The van der Waals surface area contributed by atoms with E-state index >= 15 is 0 Å². The molecule has 0 bridgehead atoms. The van der Waals surface area contributed by atoms with Crippen molar-refractivity contribution in [3.63, 3.8) is 0 Å². The Labute approximate surface area is 126 Å². The number of nitro groups is 1. The fourth-order valence-electron chi connectivity index (χ4n) is 1.83. The van der Waals surface area contributed by atoms with E-state index in [1.54, 1.807) is 20.8 Å². The summed E-state index contributed by atoms with van der Waals surface area (Å²) in [6.07, 6.45) is 1.30. The standard InChI is InChI=1S/C13H15N5O4/c1-4-22-12-6-11(18(20)21)5-10(13(12)19)7-14-17-8(2)15-16-9(17)3/h5-7,19H,4H2,1-3H3/b14-7+. The van der Waals surface area contributed by atoms with Gasteiger partial charge in [-0.05, 0) is 20.8 Å². The SMILES string of the molecule is CCOc1cc([N+](=O)[O-])cc(/C=N/n2c(C)nnc2C)c1O.